The van der Waals surface area contributed by atoms with Gasteiger partial charge in [-0.25, -0.2) is 0 Å². The molecule has 0 aromatic heterocycles. The van der Waals surface area contributed by atoms with Crippen molar-refractivity contribution in [1.82, 2.24) is 5.32 Å². The number of hydrogen-bond acceptors (Lipinski definition) is 2. The highest BCUT2D eigenvalue weighted by atomic mass is 79.9. The summed E-state index contributed by atoms with van der Waals surface area (Å²) >= 11 is 3.36. The smallest absolute Gasteiger partial charge is 0.249 e. The molecular formula is C10H18BrNO2. The van der Waals surface area contributed by atoms with E-state index in [-0.39, 0.29) is 12.0 Å². The van der Waals surface area contributed by atoms with Gasteiger partial charge in [-0.3, -0.25) is 4.79 Å². The summed E-state index contributed by atoms with van der Waals surface area (Å²) < 4.78 is 5.36. The van der Waals surface area contributed by atoms with E-state index in [1.54, 1.807) is 0 Å². The summed E-state index contributed by atoms with van der Waals surface area (Å²) in [5, 5.41) is 3.90. The van der Waals surface area contributed by atoms with E-state index < -0.39 is 0 Å². The fourth-order valence-electron chi connectivity index (χ4n) is 1.56. The number of rotatable bonds is 5. The van der Waals surface area contributed by atoms with Crippen LogP contribution in [0.1, 0.15) is 26.2 Å². The molecule has 4 heteroatoms. The van der Waals surface area contributed by atoms with Gasteiger partial charge in [0, 0.05) is 18.5 Å². The van der Waals surface area contributed by atoms with Crippen LogP contribution < -0.4 is 5.32 Å². The number of carbonyl (C=O) groups excluding carboxylic acids is 1. The summed E-state index contributed by atoms with van der Waals surface area (Å²) in [5.41, 5.74) is 0. The van der Waals surface area contributed by atoms with Gasteiger partial charge < -0.3 is 10.1 Å². The fourth-order valence-corrected chi connectivity index (χ4v) is 1.96. The molecule has 1 N–H and O–H groups in total. The standard InChI is InChI=1S/C10H18BrNO2/c1-8-4-7-14-9(8)10(13)12-6-3-2-5-11/h8-9H,2-7H2,1H3,(H,12,13). The van der Waals surface area contributed by atoms with Crippen molar-refractivity contribution in [2.75, 3.05) is 18.5 Å². The lowest BCUT2D eigenvalue weighted by Gasteiger charge is -2.14. The van der Waals surface area contributed by atoms with E-state index in [2.05, 4.69) is 28.2 Å². The van der Waals surface area contributed by atoms with Crippen LogP contribution in [0.4, 0.5) is 0 Å². The minimum absolute atomic E-state index is 0.0598. The Hall–Kier alpha value is -0.0900. The second-order valence-electron chi connectivity index (χ2n) is 3.74. The molecule has 1 heterocycles. The van der Waals surface area contributed by atoms with E-state index in [1.165, 1.54) is 0 Å². The minimum atomic E-state index is -0.209. The highest BCUT2D eigenvalue weighted by Gasteiger charge is 2.30. The molecule has 2 atom stereocenters. The first kappa shape index (κ1) is 12.0. The molecule has 1 saturated heterocycles. The van der Waals surface area contributed by atoms with Crippen LogP contribution in [-0.4, -0.2) is 30.5 Å². The van der Waals surface area contributed by atoms with Crippen LogP contribution in [0.5, 0.6) is 0 Å². The molecule has 1 fully saturated rings. The zero-order chi connectivity index (χ0) is 10.4. The van der Waals surface area contributed by atoms with Crippen molar-refractivity contribution in [3.8, 4) is 0 Å². The predicted molar refractivity (Wildman–Crippen MR) is 59.6 cm³/mol. The van der Waals surface area contributed by atoms with Gasteiger partial charge in [0.25, 0.3) is 0 Å². The van der Waals surface area contributed by atoms with Crippen LogP contribution in [0.3, 0.4) is 0 Å². The molecule has 82 valence electrons. The SMILES string of the molecule is CC1CCOC1C(=O)NCCCCBr. The van der Waals surface area contributed by atoms with Gasteiger partial charge in [0.05, 0.1) is 0 Å². The van der Waals surface area contributed by atoms with Crippen molar-refractivity contribution in [3.05, 3.63) is 0 Å². The van der Waals surface area contributed by atoms with Crippen LogP contribution in [0.15, 0.2) is 0 Å². The Labute approximate surface area is 93.7 Å². The van der Waals surface area contributed by atoms with E-state index in [1.807, 2.05) is 0 Å². The molecule has 0 bridgehead atoms. The van der Waals surface area contributed by atoms with Crippen molar-refractivity contribution in [2.24, 2.45) is 5.92 Å². The Kier molecular flexibility index (Phi) is 5.48. The fraction of sp³-hybridized carbons (Fsp3) is 0.900. The summed E-state index contributed by atoms with van der Waals surface area (Å²) in [6, 6.07) is 0. The first-order valence-electron chi connectivity index (χ1n) is 5.21. The number of hydrogen-bond donors (Lipinski definition) is 1. The first-order valence-corrected chi connectivity index (χ1v) is 6.33. The molecular weight excluding hydrogens is 246 g/mol. The third-order valence-corrected chi connectivity index (χ3v) is 3.07. The third kappa shape index (κ3) is 3.58. The first-order chi connectivity index (χ1) is 6.75. The number of halogens is 1. The van der Waals surface area contributed by atoms with Crippen LogP contribution in [0.25, 0.3) is 0 Å². The van der Waals surface area contributed by atoms with Crippen LogP contribution in [0, 0.1) is 5.92 Å². The summed E-state index contributed by atoms with van der Waals surface area (Å²) in [6.07, 6.45) is 2.91. The average Bonchev–Trinajstić information content (AvgIpc) is 2.59. The van der Waals surface area contributed by atoms with E-state index in [9.17, 15) is 4.79 Å². The number of carbonyl (C=O) groups is 1. The van der Waals surface area contributed by atoms with Crippen molar-refractivity contribution in [1.29, 1.82) is 0 Å². The number of amides is 1. The topological polar surface area (TPSA) is 38.3 Å². The molecule has 1 aliphatic heterocycles. The number of nitrogens with one attached hydrogen (secondary N) is 1. The number of unbranched alkanes of at least 4 members (excludes halogenated alkanes) is 1. The van der Waals surface area contributed by atoms with Gasteiger partial charge in [-0.15, -0.1) is 0 Å². The summed E-state index contributed by atoms with van der Waals surface area (Å²) in [7, 11) is 0. The molecule has 0 aliphatic carbocycles. The van der Waals surface area contributed by atoms with Gasteiger partial charge >= 0.3 is 0 Å². The van der Waals surface area contributed by atoms with E-state index in [0.717, 1.165) is 37.7 Å². The molecule has 2 unspecified atom stereocenters. The monoisotopic (exact) mass is 263 g/mol. The van der Waals surface area contributed by atoms with Crippen molar-refractivity contribution in [2.45, 2.75) is 32.3 Å². The number of ether oxygens (including phenoxy) is 1. The highest BCUT2D eigenvalue weighted by Crippen LogP contribution is 2.19. The van der Waals surface area contributed by atoms with Gasteiger partial charge in [-0.05, 0) is 25.2 Å². The van der Waals surface area contributed by atoms with Gasteiger partial charge in [-0.1, -0.05) is 22.9 Å². The van der Waals surface area contributed by atoms with E-state index in [4.69, 9.17) is 4.74 Å². The van der Waals surface area contributed by atoms with Crippen molar-refractivity contribution >= 4 is 21.8 Å². The molecule has 0 spiro atoms. The maximum absolute atomic E-state index is 11.6. The minimum Gasteiger partial charge on any atom is -0.368 e. The average molecular weight is 264 g/mol. The van der Waals surface area contributed by atoms with Crippen LogP contribution in [-0.2, 0) is 9.53 Å². The summed E-state index contributed by atoms with van der Waals surface area (Å²) in [4.78, 5) is 11.6. The lowest BCUT2D eigenvalue weighted by Crippen LogP contribution is -2.37. The summed E-state index contributed by atoms with van der Waals surface area (Å²) in [6.45, 7) is 3.55. The quantitative estimate of drug-likeness (QED) is 0.606. The number of alkyl halides is 1. The Balaban J connectivity index is 2.14. The molecule has 0 aromatic rings. The third-order valence-electron chi connectivity index (χ3n) is 2.51. The molecule has 1 amide bonds. The maximum atomic E-state index is 11.6. The predicted octanol–water partition coefficient (Wildman–Crippen LogP) is 1.70. The van der Waals surface area contributed by atoms with Gasteiger partial charge in [0.1, 0.15) is 6.10 Å². The van der Waals surface area contributed by atoms with E-state index >= 15 is 0 Å². The zero-order valence-electron chi connectivity index (χ0n) is 8.59. The van der Waals surface area contributed by atoms with Crippen molar-refractivity contribution < 1.29 is 9.53 Å². The second kappa shape index (κ2) is 6.40. The Bertz CT molecular complexity index is 187. The Morgan fingerprint density at radius 1 is 1.57 bits per heavy atom. The molecule has 14 heavy (non-hydrogen) atoms. The van der Waals surface area contributed by atoms with Gasteiger partial charge in [-0.2, -0.15) is 0 Å². The molecule has 3 nitrogen and oxygen atoms in total. The lowest BCUT2D eigenvalue weighted by molar-refractivity contribution is -0.131. The zero-order valence-corrected chi connectivity index (χ0v) is 10.2. The van der Waals surface area contributed by atoms with Gasteiger partial charge in [0.2, 0.25) is 5.91 Å². The Morgan fingerprint density at radius 3 is 2.93 bits per heavy atom. The van der Waals surface area contributed by atoms with Crippen LogP contribution in [0.2, 0.25) is 0 Å². The molecule has 1 rings (SSSR count). The van der Waals surface area contributed by atoms with Crippen LogP contribution >= 0.6 is 15.9 Å². The molecule has 0 aromatic carbocycles. The molecule has 0 radical (unpaired) electrons. The molecule has 0 saturated carbocycles. The summed E-state index contributed by atoms with van der Waals surface area (Å²) in [5.74, 6) is 0.427. The van der Waals surface area contributed by atoms with E-state index in [0.29, 0.717) is 5.92 Å². The highest BCUT2D eigenvalue weighted by molar-refractivity contribution is 9.09. The van der Waals surface area contributed by atoms with Crippen molar-refractivity contribution in [3.63, 3.8) is 0 Å². The Morgan fingerprint density at radius 2 is 2.36 bits per heavy atom. The normalized spacial score (nSPS) is 26.4. The van der Waals surface area contributed by atoms with Gasteiger partial charge in [0.15, 0.2) is 0 Å². The maximum Gasteiger partial charge on any atom is 0.249 e. The largest absolute Gasteiger partial charge is 0.368 e. The molecule has 1 aliphatic rings. The second-order valence-corrected chi connectivity index (χ2v) is 4.54. The lowest BCUT2D eigenvalue weighted by atomic mass is 10.0.